The van der Waals surface area contributed by atoms with Crippen LogP contribution in [0.3, 0.4) is 0 Å². The van der Waals surface area contributed by atoms with Crippen molar-refractivity contribution >= 4 is 39.5 Å². The molecule has 90 valence electrons. The number of hydrazine groups is 1. The summed E-state index contributed by atoms with van der Waals surface area (Å²) < 4.78 is 0.839. The summed E-state index contributed by atoms with van der Waals surface area (Å²) in [5.74, 6) is 7.48. The van der Waals surface area contributed by atoms with E-state index in [4.69, 9.17) is 5.84 Å². The number of halogens is 1. The molecular formula is C9H16BrN5S. The summed E-state index contributed by atoms with van der Waals surface area (Å²) >= 11 is 5.21. The standard InChI is InChI=1S/C9H16BrN5S/c1-3-6(5-16-2)13-8-7(10)4-12-9(14-8)15-11/h4,6H,3,5,11H2,1-2H3,(H2,12,13,14,15). The number of nitrogens with one attached hydrogen (secondary N) is 2. The summed E-state index contributed by atoms with van der Waals surface area (Å²) in [5.41, 5.74) is 2.43. The Morgan fingerprint density at radius 1 is 1.62 bits per heavy atom. The van der Waals surface area contributed by atoms with Crippen molar-refractivity contribution in [2.45, 2.75) is 19.4 Å². The molecule has 5 nitrogen and oxygen atoms in total. The Morgan fingerprint density at radius 2 is 2.38 bits per heavy atom. The fourth-order valence-corrected chi connectivity index (χ4v) is 2.22. The van der Waals surface area contributed by atoms with Crippen molar-refractivity contribution in [1.29, 1.82) is 0 Å². The van der Waals surface area contributed by atoms with Gasteiger partial charge in [-0.3, -0.25) is 5.43 Å². The van der Waals surface area contributed by atoms with E-state index in [9.17, 15) is 0 Å². The van der Waals surface area contributed by atoms with Gasteiger partial charge in [0.05, 0.1) is 4.47 Å². The molecule has 0 amide bonds. The number of rotatable bonds is 6. The number of hydrogen-bond donors (Lipinski definition) is 3. The zero-order chi connectivity index (χ0) is 12.0. The van der Waals surface area contributed by atoms with Gasteiger partial charge in [-0.1, -0.05) is 6.92 Å². The number of hydrogen-bond acceptors (Lipinski definition) is 6. The summed E-state index contributed by atoms with van der Waals surface area (Å²) in [6.07, 6.45) is 4.81. The second-order valence-electron chi connectivity index (χ2n) is 3.24. The topological polar surface area (TPSA) is 75.9 Å². The van der Waals surface area contributed by atoms with Crippen LogP contribution in [0.15, 0.2) is 10.7 Å². The van der Waals surface area contributed by atoms with Gasteiger partial charge in [-0.2, -0.15) is 16.7 Å². The highest BCUT2D eigenvalue weighted by molar-refractivity contribution is 9.10. The van der Waals surface area contributed by atoms with Gasteiger partial charge in [0.2, 0.25) is 5.95 Å². The van der Waals surface area contributed by atoms with Crippen LogP contribution in [0.2, 0.25) is 0 Å². The lowest BCUT2D eigenvalue weighted by atomic mass is 10.2. The van der Waals surface area contributed by atoms with Crippen LogP contribution >= 0.6 is 27.7 Å². The molecule has 1 atom stereocenters. The maximum Gasteiger partial charge on any atom is 0.239 e. The van der Waals surface area contributed by atoms with Crippen LogP contribution < -0.4 is 16.6 Å². The maximum atomic E-state index is 5.27. The van der Waals surface area contributed by atoms with Gasteiger partial charge in [0.25, 0.3) is 0 Å². The van der Waals surface area contributed by atoms with Crippen LogP contribution in [0.25, 0.3) is 0 Å². The first-order valence-electron chi connectivity index (χ1n) is 4.95. The Morgan fingerprint density at radius 3 is 2.94 bits per heavy atom. The normalized spacial score (nSPS) is 12.2. The molecular weight excluding hydrogens is 290 g/mol. The lowest BCUT2D eigenvalue weighted by molar-refractivity contribution is 0.768. The molecule has 4 N–H and O–H groups in total. The van der Waals surface area contributed by atoms with Crippen LogP contribution in [0, 0.1) is 0 Å². The summed E-state index contributed by atoms with van der Waals surface area (Å²) in [6.45, 7) is 2.14. The molecule has 0 saturated carbocycles. The number of thioether (sulfide) groups is 1. The maximum absolute atomic E-state index is 5.27. The van der Waals surface area contributed by atoms with Crippen molar-refractivity contribution in [2.24, 2.45) is 5.84 Å². The van der Waals surface area contributed by atoms with Gasteiger partial charge in [0.1, 0.15) is 5.82 Å². The van der Waals surface area contributed by atoms with Crippen molar-refractivity contribution < 1.29 is 0 Å². The van der Waals surface area contributed by atoms with Crippen molar-refractivity contribution in [1.82, 2.24) is 9.97 Å². The monoisotopic (exact) mass is 305 g/mol. The quantitative estimate of drug-likeness (QED) is 0.552. The van der Waals surface area contributed by atoms with Gasteiger partial charge < -0.3 is 5.32 Å². The molecule has 0 bridgehead atoms. The molecule has 0 radical (unpaired) electrons. The molecule has 0 aliphatic rings. The van der Waals surface area contributed by atoms with Crippen molar-refractivity contribution in [3.8, 4) is 0 Å². The van der Waals surface area contributed by atoms with Gasteiger partial charge in [0, 0.05) is 18.0 Å². The second kappa shape index (κ2) is 6.93. The van der Waals surface area contributed by atoms with E-state index in [1.54, 1.807) is 6.20 Å². The third-order valence-corrected chi connectivity index (χ3v) is 3.39. The van der Waals surface area contributed by atoms with Crippen LogP contribution in [-0.2, 0) is 0 Å². The molecule has 1 unspecified atom stereocenters. The molecule has 0 spiro atoms. The van der Waals surface area contributed by atoms with Gasteiger partial charge in [0.15, 0.2) is 0 Å². The lowest BCUT2D eigenvalue weighted by Crippen LogP contribution is -2.22. The molecule has 0 aliphatic carbocycles. The number of nitrogens with two attached hydrogens (primary N) is 1. The number of nitrogen functional groups attached to an aromatic ring is 1. The molecule has 1 aromatic heterocycles. The fourth-order valence-electron chi connectivity index (χ4n) is 1.19. The van der Waals surface area contributed by atoms with E-state index in [0.717, 1.165) is 22.5 Å². The minimum absolute atomic E-state index is 0.395. The minimum Gasteiger partial charge on any atom is -0.365 e. The predicted molar refractivity (Wildman–Crippen MR) is 73.6 cm³/mol. The first-order chi connectivity index (χ1) is 7.71. The van der Waals surface area contributed by atoms with E-state index in [1.165, 1.54) is 0 Å². The second-order valence-corrected chi connectivity index (χ2v) is 5.00. The Bertz CT molecular complexity index is 336. The Labute approximate surface area is 108 Å². The molecule has 0 fully saturated rings. The van der Waals surface area contributed by atoms with E-state index in [0.29, 0.717) is 12.0 Å². The molecule has 16 heavy (non-hydrogen) atoms. The third kappa shape index (κ3) is 3.80. The van der Waals surface area contributed by atoms with Crippen molar-refractivity contribution in [2.75, 3.05) is 22.8 Å². The average molecular weight is 306 g/mol. The molecule has 1 rings (SSSR count). The molecule has 0 saturated heterocycles. The highest BCUT2D eigenvalue weighted by Crippen LogP contribution is 2.21. The molecule has 1 aromatic rings. The highest BCUT2D eigenvalue weighted by Gasteiger charge is 2.10. The lowest BCUT2D eigenvalue weighted by Gasteiger charge is -2.17. The largest absolute Gasteiger partial charge is 0.365 e. The number of aromatic nitrogens is 2. The zero-order valence-electron chi connectivity index (χ0n) is 9.33. The van der Waals surface area contributed by atoms with Crippen molar-refractivity contribution in [3.63, 3.8) is 0 Å². The Kier molecular flexibility index (Phi) is 5.86. The van der Waals surface area contributed by atoms with Crippen LogP contribution in [0.5, 0.6) is 0 Å². The average Bonchev–Trinajstić information content (AvgIpc) is 2.31. The van der Waals surface area contributed by atoms with E-state index in [2.05, 4.69) is 49.8 Å². The van der Waals surface area contributed by atoms with Crippen molar-refractivity contribution in [3.05, 3.63) is 10.7 Å². The van der Waals surface area contributed by atoms with Crippen LogP contribution in [-0.4, -0.2) is 28.0 Å². The zero-order valence-corrected chi connectivity index (χ0v) is 11.7. The molecule has 1 heterocycles. The fraction of sp³-hybridized carbons (Fsp3) is 0.556. The Balaban J connectivity index is 2.77. The van der Waals surface area contributed by atoms with E-state index < -0.39 is 0 Å². The Hall–Kier alpha value is -0.530. The van der Waals surface area contributed by atoms with E-state index in [-0.39, 0.29) is 0 Å². The highest BCUT2D eigenvalue weighted by atomic mass is 79.9. The smallest absolute Gasteiger partial charge is 0.239 e. The molecule has 0 aliphatic heterocycles. The predicted octanol–water partition coefficient (Wildman–Crippen LogP) is 2.08. The SMILES string of the molecule is CCC(CSC)Nc1nc(NN)ncc1Br. The third-order valence-electron chi connectivity index (χ3n) is 2.07. The van der Waals surface area contributed by atoms with Gasteiger partial charge in [-0.05, 0) is 28.6 Å². The van der Waals surface area contributed by atoms with Crippen LogP contribution in [0.1, 0.15) is 13.3 Å². The van der Waals surface area contributed by atoms with Crippen LogP contribution in [0.4, 0.5) is 11.8 Å². The summed E-state index contributed by atoms with van der Waals surface area (Å²) in [6, 6.07) is 0.395. The first-order valence-corrected chi connectivity index (χ1v) is 7.14. The number of nitrogens with zero attached hydrogens (tertiary/aromatic N) is 2. The van der Waals surface area contributed by atoms with Gasteiger partial charge in [-0.15, -0.1) is 0 Å². The van der Waals surface area contributed by atoms with E-state index in [1.807, 2.05) is 11.8 Å². The first kappa shape index (κ1) is 13.5. The van der Waals surface area contributed by atoms with Gasteiger partial charge in [-0.25, -0.2) is 10.8 Å². The summed E-state index contributed by atoms with van der Waals surface area (Å²) in [4.78, 5) is 8.24. The number of anilines is 2. The summed E-state index contributed by atoms with van der Waals surface area (Å²) in [7, 11) is 0. The molecule has 0 aromatic carbocycles. The summed E-state index contributed by atoms with van der Waals surface area (Å²) in [5, 5.41) is 3.36. The minimum atomic E-state index is 0.395. The van der Waals surface area contributed by atoms with Gasteiger partial charge >= 0.3 is 0 Å². The molecule has 7 heteroatoms. The van der Waals surface area contributed by atoms with E-state index >= 15 is 0 Å².